The number of hydrogen-bond donors (Lipinski definition) is 2. The minimum atomic E-state index is -0.724. The number of aliphatic carboxylic acids is 1. The van der Waals surface area contributed by atoms with Crippen molar-refractivity contribution in [3.63, 3.8) is 0 Å². The molecule has 80 valence electrons. The van der Waals surface area contributed by atoms with Gasteiger partial charge in [0.05, 0.1) is 5.92 Å². The van der Waals surface area contributed by atoms with E-state index in [0.29, 0.717) is 5.75 Å². The molecule has 15 heavy (non-hydrogen) atoms. The molecule has 1 fully saturated rings. The van der Waals surface area contributed by atoms with Crippen molar-refractivity contribution in [3.05, 3.63) is 29.8 Å². The average Bonchev–Trinajstić information content (AvgIpc) is 2.67. The zero-order valence-electron chi connectivity index (χ0n) is 8.09. The number of aromatic hydroxyl groups is 1. The van der Waals surface area contributed by atoms with Crippen LogP contribution in [0.15, 0.2) is 24.3 Å². The summed E-state index contributed by atoms with van der Waals surface area (Å²) in [5, 5.41) is 18.2. The molecule has 2 atom stereocenters. The highest BCUT2D eigenvalue weighted by Gasteiger charge is 2.34. The molecule has 0 amide bonds. The summed E-state index contributed by atoms with van der Waals surface area (Å²) in [5.74, 6) is 0.810. The molecule has 3 nitrogen and oxygen atoms in total. The van der Waals surface area contributed by atoms with Crippen LogP contribution < -0.4 is 0 Å². The lowest BCUT2D eigenvalue weighted by molar-refractivity contribution is -0.141. The summed E-state index contributed by atoms with van der Waals surface area (Å²) in [6.07, 6.45) is 0. The van der Waals surface area contributed by atoms with Crippen molar-refractivity contribution in [1.82, 2.24) is 0 Å². The van der Waals surface area contributed by atoms with Crippen molar-refractivity contribution in [3.8, 4) is 5.75 Å². The summed E-state index contributed by atoms with van der Waals surface area (Å²) < 4.78 is 0. The Balaban J connectivity index is 2.22. The molecule has 1 heterocycles. The Labute approximate surface area is 92.1 Å². The lowest BCUT2D eigenvalue weighted by Crippen LogP contribution is -2.20. The molecule has 2 rings (SSSR count). The number of phenolic OH excluding ortho intramolecular Hbond substituents is 1. The third kappa shape index (κ3) is 2.09. The van der Waals surface area contributed by atoms with Gasteiger partial charge in [0.25, 0.3) is 0 Å². The Kier molecular flexibility index (Phi) is 2.86. The number of carbonyl (C=O) groups is 1. The summed E-state index contributed by atoms with van der Waals surface area (Å²) >= 11 is 1.67. The zero-order chi connectivity index (χ0) is 10.8. The zero-order valence-corrected chi connectivity index (χ0v) is 8.91. The van der Waals surface area contributed by atoms with E-state index in [2.05, 4.69) is 0 Å². The first-order chi connectivity index (χ1) is 7.18. The summed E-state index contributed by atoms with van der Waals surface area (Å²) in [4.78, 5) is 11.0. The van der Waals surface area contributed by atoms with Crippen LogP contribution in [-0.2, 0) is 4.79 Å². The first kappa shape index (κ1) is 10.4. The third-order valence-electron chi connectivity index (χ3n) is 2.72. The molecular formula is C11H12O3S. The van der Waals surface area contributed by atoms with Crippen LogP contribution in [0.2, 0.25) is 0 Å². The maximum Gasteiger partial charge on any atom is 0.307 e. The van der Waals surface area contributed by atoms with E-state index in [1.807, 2.05) is 12.1 Å². The smallest absolute Gasteiger partial charge is 0.307 e. The Morgan fingerprint density at radius 3 is 2.53 bits per heavy atom. The first-order valence-corrected chi connectivity index (χ1v) is 5.93. The van der Waals surface area contributed by atoms with Crippen LogP contribution in [0.3, 0.4) is 0 Å². The topological polar surface area (TPSA) is 57.5 Å². The predicted molar refractivity (Wildman–Crippen MR) is 59.3 cm³/mol. The Morgan fingerprint density at radius 2 is 1.93 bits per heavy atom. The van der Waals surface area contributed by atoms with Crippen LogP contribution in [-0.4, -0.2) is 27.7 Å². The van der Waals surface area contributed by atoms with Crippen LogP contribution in [0.5, 0.6) is 5.75 Å². The molecular weight excluding hydrogens is 212 g/mol. The molecule has 0 saturated carbocycles. The number of rotatable bonds is 2. The van der Waals surface area contributed by atoms with Crippen molar-refractivity contribution in [2.75, 3.05) is 11.5 Å². The Bertz CT molecular complexity index is 361. The minimum Gasteiger partial charge on any atom is -0.508 e. The molecule has 2 N–H and O–H groups in total. The molecule has 1 aromatic rings. The fourth-order valence-electron chi connectivity index (χ4n) is 1.85. The van der Waals surface area contributed by atoms with Gasteiger partial charge in [-0.2, -0.15) is 11.8 Å². The van der Waals surface area contributed by atoms with Gasteiger partial charge in [-0.1, -0.05) is 12.1 Å². The van der Waals surface area contributed by atoms with Gasteiger partial charge in [0.2, 0.25) is 0 Å². The number of phenols is 1. The Morgan fingerprint density at radius 1 is 1.27 bits per heavy atom. The van der Waals surface area contributed by atoms with Crippen LogP contribution in [0, 0.1) is 5.92 Å². The predicted octanol–water partition coefficient (Wildman–Crippen LogP) is 1.92. The molecule has 1 saturated heterocycles. The summed E-state index contributed by atoms with van der Waals surface area (Å²) in [6, 6.07) is 6.83. The van der Waals surface area contributed by atoms with E-state index in [1.165, 1.54) is 0 Å². The van der Waals surface area contributed by atoms with Crippen LogP contribution in [0.4, 0.5) is 0 Å². The van der Waals surface area contributed by atoms with E-state index in [-0.39, 0.29) is 17.6 Å². The fraction of sp³-hybridized carbons (Fsp3) is 0.364. The van der Waals surface area contributed by atoms with E-state index in [0.717, 1.165) is 11.3 Å². The molecule has 0 spiro atoms. The SMILES string of the molecule is O=C(O)C1CSCC1c1ccc(O)cc1. The molecule has 0 bridgehead atoms. The van der Waals surface area contributed by atoms with Crippen molar-refractivity contribution in [2.24, 2.45) is 5.92 Å². The van der Waals surface area contributed by atoms with Gasteiger partial charge in [-0.05, 0) is 17.7 Å². The van der Waals surface area contributed by atoms with Crippen molar-refractivity contribution >= 4 is 17.7 Å². The third-order valence-corrected chi connectivity index (χ3v) is 3.91. The lowest BCUT2D eigenvalue weighted by atomic mass is 9.89. The molecule has 1 aliphatic heterocycles. The van der Waals surface area contributed by atoms with Gasteiger partial charge in [0, 0.05) is 17.4 Å². The summed E-state index contributed by atoms with van der Waals surface area (Å²) in [6.45, 7) is 0. The number of hydrogen-bond acceptors (Lipinski definition) is 3. The quantitative estimate of drug-likeness (QED) is 0.805. The number of carboxylic acid groups (broad SMARTS) is 1. The van der Waals surface area contributed by atoms with E-state index in [1.54, 1.807) is 23.9 Å². The molecule has 0 aliphatic carbocycles. The molecule has 4 heteroatoms. The van der Waals surface area contributed by atoms with Gasteiger partial charge in [-0.15, -0.1) is 0 Å². The van der Waals surface area contributed by atoms with E-state index >= 15 is 0 Å². The summed E-state index contributed by atoms with van der Waals surface area (Å²) in [7, 11) is 0. The van der Waals surface area contributed by atoms with Crippen LogP contribution >= 0.6 is 11.8 Å². The first-order valence-electron chi connectivity index (χ1n) is 4.78. The van der Waals surface area contributed by atoms with Crippen molar-refractivity contribution in [2.45, 2.75) is 5.92 Å². The average molecular weight is 224 g/mol. The second kappa shape index (κ2) is 4.14. The van der Waals surface area contributed by atoms with Crippen molar-refractivity contribution in [1.29, 1.82) is 0 Å². The van der Waals surface area contributed by atoms with Gasteiger partial charge >= 0.3 is 5.97 Å². The maximum absolute atomic E-state index is 11.0. The lowest BCUT2D eigenvalue weighted by Gasteiger charge is -2.14. The standard InChI is InChI=1S/C11H12O3S/c12-8-3-1-7(2-4-8)9-5-15-6-10(9)11(13)14/h1-4,9-10,12H,5-6H2,(H,13,14). The second-order valence-electron chi connectivity index (χ2n) is 3.68. The number of carboxylic acids is 1. The Hall–Kier alpha value is -1.16. The molecule has 1 aromatic carbocycles. The van der Waals surface area contributed by atoms with E-state index < -0.39 is 5.97 Å². The van der Waals surface area contributed by atoms with E-state index in [9.17, 15) is 4.79 Å². The normalized spacial score (nSPS) is 25.3. The van der Waals surface area contributed by atoms with Crippen LogP contribution in [0.25, 0.3) is 0 Å². The maximum atomic E-state index is 11.0. The number of benzene rings is 1. The van der Waals surface area contributed by atoms with Crippen molar-refractivity contribution < 1.29 is 15.0 Å². The highest BCUT2D eigenvalue weighted by molar-refractivity contribution is 7.99. The van der Waals surface area contributed by atoms with Gasteiger partial charge < -0.3 is 10.2 Å². The fourth-order valence-corrected chi connectivity index (χ4v) is 3.29. The largest absolute Gasteiger partial charge is 0.508 e. The monoisotopic (exact) mass is 224 g/mol. The van der Waals surface area contributed by atoms with Gasteiger partial charge in [0.1, 0.15) is 5.75 Å². The highest BCUT2D eigenvalue weighted by atomic mass is 32.2. The van der Waals surface area contributed by atoms with Gasteiger partial charge in [-0.25, -0.2) is 0 Å². The highest BCUT2D eigenvalue weighted by Crippen LogP contribution is 2.38. The summed E-state index contributed by atoms with van der Waals surface area (Å²) in [5.41, 5.74) is 1.00. The molecule has 1 aliphatic rings. The van der Waals surface area contributed by atoms with Crippen LogP contribution in [0.1, 0.15) is 11.5 Å². The minimum absolute atomic E-state index is 0.0769. The molecule has 0 aromatic heterocycles. The molecule has 0 radical (unpaired) electrons. The molecule has 2 unspecified atom stereocenters. The van der Waals surface area contributed by atoms with Gasteiger partial charge in [-0.3, -0.25) is 4.79 Å². The van der Waals surface area contributed by atoms with Gasteiger partial charge in [0.15, 0.2) is 0 Å². The van der Waals surface area contributed by atoms with E-state index in [4.69, 9.17) is 10.2 Å². The number of thioether (sulfide) groups is 1. The second-order valence-corrected chi connectivity index (χ2v) is 4.76.